The Kier molecular flexibility index (Phi) is 4.59. The molecule has 72 valence electrons. The van der Waals surface area contributed by atoms with Crippen LogP contribution in [0.15, 0.2) is 16.9 Å². The van der Waals surface area contributed by atoms with E-state index in [-0.39, 0.29) is 5.69 Å². The van der Waals surface area contributed by atoms with Crippen LogP contribution in [0, 0.1) is 0 Å². The zero-order chi connectivity index (χ0) is 10.4. The van der Waals surface area contributed by atoms with Crippen molar-refractivity contribution in [2.75, 3.05) is 0 Å². The van der Waals surface area contributed by atoms with Gasteiger partial charge in [-0.25, -0.2) is 4.79 Å². The maximum atomic E-state index is 10.7. The monoisotopic (exact) mass is 180 g/mol. The fourth-order valence-corrected chi connectivity index (χ4v) is 0.803. The molecule has 3 nitrogen and oxygen atoms in total. The number of aromatic nitrogens is 2. The molecule has 0 saturated carbocycles. The van der Waals surface area contributed by atoms with Gasteiger partial charge in [0.15, 0.2) is 0 Å². The van der Waals surface area contributed by atoms with Gasteiger partial charge in [0.25, 0.3) is 0 Å². The van der Waals surface area contributed by atoms with Crippen LogP contribution in [0.5, 0.6) is 0 Å². The standard InChI is InChI=1S/C8H10N2O.C2H6/c1-5(2)4-7-6(3)9-8(11)10-7;1-2/h4H,1,3H2,2H3,(H2,9,10,11);1-2H3/b7-4+;. The first-order valence-corrected chi connectivity index (χ1v) is 4.24. The smallest absolute Gasteiger partial charge is 0.306 e. The van der Waals surface area contributed by atoms with Gasteiger partial charge in [0, 0.05) is 0 Å². The summed E-state index contributed by atoms with van der Waals surface area (Å²) in [5, 5.41) is 1.29. The van der Waals surface area contributed by atoms with Crippen LogP contribution in [-0.4, -0.2) is 9.97 Å². The maximum absolute atomic E-state index is 10.7. The third kappa shape index (κ3) is 3.60. The molecule has 0 spiro atoms. The highest BCUT2D eigenvalue weighted by Crippen LogP contribution is 1.83. The summed E-state index contributed by atoms with van der Waals surface area (Å²) < 4.78 is 0. The van der Waals surface area contributed by atoms with Crippen molar-refractivity contribution in [1.82, 2.24) is 9.97 Å². The second kappa shape index (κ2) is 5.19. The van der Waals surface area contributed by atoms with Crippen LogP contribution < -0.4 is 16.4 Å². The third-order valence-electron chi connectivity index (χ3n) is 1.23. The van der Waals surface area contributed by atoms with E-state index in [4.69, 9.17) is 0 Å². The van der Waals surface area contributed by atoms with Crippen LogP contribution in [0.4, 0.5) is 0 Å². The van der Waals surface area contributed by atoms with Gasteiger partial charge in [0.05, 0.1) is 10.7 Å². The van der Waals surface area contributed by atoms with Gasteiger partial charge in [-0.1, -0.05) is 32.6 Å². The molecule has 1 rings (SSSR count). The van der Waals surface area contributed by atoms with Crippen molar-refractivity contribution in [2.45, 2.75) is 20.8 Å². The first-order chi connectivity index (χ1) is 6.09. The van der Waals surface area contributed by atoms with Crippen molar-refractivity contribution in [1.29, 1.82) is 0 Å². The Bertz CT molecular complexity index is 423. The molecule has 0 unspecified atom stereocenters. The largest absolute Gasteiger partial charge is 0.323 e. The second-order valence-electron chi connectivity index (χ2n) is 2.46. The summed E-state index contributed by atoms with van der Waals surface area (Å²) in [5.74, 6) is 0. The highest BCUT2D eigenvalue weighted by Gasteiger charge is 1.86. The minimum absolute atomic E-state index is 0.234. The quantitative estimate of drug-likeness (QED) is 0.649. The molecule has 0 saturated heterocycles. The minimum Gasteiger partial charge on any atom is -0.306 e. The van der Waals surface area contributed by atoms with Crippen molar-refractivity contribution < 1.29 is 0 Å². The third-order valence-corrected chi connectivity index (χ3v) is 1.23. The Labute approximate surface area is 77.5 Å². The molecule has 0 aliphatic heterocycles. The highest BCUT2D eigenvalue weighted by atomic mass is 16.1. The molecule has 1 aromatic heterocycles. The molecule has 0 fully saturated rings. The average Bonchev–Trinajstić information content (AvgIpc) is 2.33. The lowest BCUT2D eigenvalue weighted by atomic mass is 10.3. The molecule has 0 radical (unpaired) electrons. The van der Waals surface area contributed by atoms with Crippen molar-refractivity contribution in [2.24, 2.45) is 0 Å². The molecular formula is C10H16N2O. The van der Waals surface area contributed by atoms with Crippen LogP contribution in [0.3, 0.4) is 0 Å². The zero-order valence-electron chi connectivity index (χ0n) is 8.40. The number of nitrogens with one attached hydrogen (secondary N) is 2. The lowest BCUT2D eigenvalue weighted by Crippen LogP contribution is -2.22. The predicted octanol–water partition coefficient (Wildman–Crippen LogP) is 0.496. The highest BCUT2D eigenvalue weighted by molar-refractivity contribution is 5.41. The summed E-state index contributed by atoms with van der Waals surface area (Å²) in [6.07, 6.45) is 1.76. The number of rotatable bonds is 1. The van der Waals surface area contributed by atoms with Crippen LogP contribution in [0.25, 0.3) is 12.7 Å². The normalized spacial score (nSPS) is 10.5. The van der Waals surface area contributed by atoms with E-state index >= 15 is 0 Å². The Morgan fingerprint density at radius 2 is 1.92 bits per heavy atom. The number of hydrogen-bond acceptors (Lipinski definition) is 1. The SMILES string of the molecule is C=C(C)/C=c1/[nH]c(=O)[nH]c1=C.CC. The van der Waals surface area contributed by atoms with Gasteiger partial charge in [-0.05, 0) is 13.0 Å². The molecule has 13 heavy (non-hydrogen) atoms. The van der Waals surface area contributed by atoms with Crippen LogP contribution in [-0.2, 0) is 0 Å². The van der Waals surface area contributed by atoms with Crippen molar-refractivity contribution >= 4 is 12.7 Å². The van der Waals surface area contributed by atoms with Crippen molar-refractivity contribution in [3.63, 3.8) is 0 Å². The molecule has 0 aliphatic rings. The number of hydrogen-bond donors (Lipinski definition) is 2. The first-order valence-electron chi connectivity index (χ1n) is 4.24. The summed E-state index contributed by atoms with van der Waals surface area (Å²) in [7, 11) is 0. The molecule has 3 heteroatoms. The summed E-state index contributed by atoms with van der Waals surface area (Å²) in [5.41, 5.74) is 0.646. The fraction of sp³-hybridized carbons (Fsp3) is 0.300. The molecule has 0 amide bonds. The minimum atomic E-state index is -0.234. The van der Waals surface area contributed by atoms with Gasteiger partial charge in [-0.15, -0.1) is 0 Å². The maximum Gasteiger partial charge on any atom is 0.323 e. The molecular weight excluding hydrogens is 164 g/mol. The number of H-pyrrole nitrogens is 2. The van der Waals surface area contributed by atoms with E-state index in [0.29, 0.717) is 10.7 Å². The van der Waals surface area contributed by atoms with E-state index in [9.17, 15) is 4.79 Å². The van der Waals surface area contributed by atoms with Crippen molar-refractivity contribution in [3.05, 3.63) is 33.3 Å². The number of aromatic amines is 2. The molecule has 1 heterocycles. The fourth-order valence-electron chi connectivity index (χ4n) is 0.803. The van der Waals surface area contributed by atoms with Crippen LogP contribution in [0.1, 0.15) is 20.8 Å². The van der Waals surface area contributed by atoms with E-state index in [2.05, 4.69) is 23.1 Å². The Balaban J connectivity index is 0.000000671. The van der Waals surface area contributed by atoms with E-state index < -0.39 is 0 Å². The average molecular weight is 180 g/mol. The molecule has 0 bridgehead atoms. The van der Waals surface area contributed by atoms with E-state index in [1.54, 1.807) is 6.08 Å². The Morgan fingerprint density at radius 1 is 1.38 bits per heavy atom. The van der Waals surface area contributed by atoms with Gasteiger partial charge >= 0.3 is 5.69 Å². The predicted molar refractivity (Wildman–Crippen MR) is 56.8 cm³/mol. The van der Waals surface area contributed by atoms with Gasteiger partial charge < -0.3 is 9.97 Å². The second-order valence-corrected chi connectivity index (χ2v) is 2.46. The van der Waals surface area contributed by atoms with E-state index in [1.807, 2.05) is 20.8 Å². The first kappa shape index (κ1) is 11.5. The van der Waals surface area contributed by atoms with Crippen LogP contribution in [0.2, 0.25) is 0 Å². The molecule has 1 aromatic rings. The van der Waals surface area contributed by atoms with Gasteiger partial charge in [0.1, 0.15) is 0 Å². The number of imidazole rings is 1. The van der Waals surface area contributed by atoms with Crippen LogP contribution >= 0.6 is 0 Å². The molecule has 2 N–H and O–H groups in total. The zero-order valence-corrected chi connectivity index (χ0v) is 8.40. The van der Waals surface area contributed by atoms with Gasteiger partial charge in [-0.3, -0.25) is 0 Å². The lowest BCUT2D eigenvalue weighted by molar-refractivity contribution is 1.17. The van der Waals surface area contributed by atoms with Gasteiger partial charge in [-0.2, -0.15) is 0 Å². The number of allylic oxidation sites excluding steroid dienone is 1. The Morgan fingerprint density at radius 3 is 2.23 bits per heavy atom. The summed E-state index contributed by atoms with van der Waals surface area (Å²) >= 11 is 0. The summed E-state index contributed by atoms with van der Waals surface area (Å²) in [4.78, 5) is 15.8. The summed E-state index contributed by atoms with van der Waals surface area (Å²) in [6.45, 7) is 13.2. The molecule has 0 aliphatic carbocycles. The Hall–Kier alpha value is -1.51. The summed E-state index contributed by atoms with van der Waals surface area (Å²) in [6, 6.07) is 0. The molecule has 0 atom stereocenters. The van der Waals surface area contributed by atoms with E-state index in [1.165, 1.54) is 0 Å². The molecule has 0 aromatic carbocycles. The lowest BCUT2D eigenvalue weighted by Gasteiger charge is -1.80. The van der Waals surface area contributed by atoms with Crippen molar-refractivity contribution in [3.8, 4) is 0 Å². The topological polar surface area (TPSA) is 48.6 Å². The van der Waals surface area contributed by atoms with E-state index in [0.717, 1.165) is 5.57 Å². The van der Waals surface area contributed by atoms with Gasteiger partial charge in [0.2, 0.25) is 0 Å².